The summed E-state index contributed by atoms with van der Waals surface area (Å²) < 4.78 is 5.63. The van der Waals surface area contributed by atoms with E-state index in [1.54, 1.807) is 30.3 Å². The Morgan fingerprint density at radius 2 is 1.95 bits per heavy atom. The third-order valence-electron chi connectivity index (χ3n) is 2.74. The number of halogens is 2. The van der Waals surface area contributed by atoms with Crippen molar-refractivity contribution >= 4 is 52.2 Å². The third-order valence-corrected chi connectivity index (χ3v) is 4.11. The predicted molar refractivity (Wildman–Crippen MR) is 83.3 cm³/mol. The summed E-state index contributed by atoms with van der Waals surface area (Å²) in [6, 6.07) is 8.48. The molecule has 3 rings (SSSR count). The van der Waals surface area contributed by atoms with E-state index < -0.39 is 11.1 Å². The Hall–Kier alpha value is -1.69. The highest BCUT2D eigenvalue weighted by atomic mass is 35.5. The number of carbonyl (C=O) groups excluding carboxylic acids is 2. The topological polar surface area (TPSA) is 59.3 Å². The number of furan rings is 1. The van der Waals surface area contributed by atoms with Gasteiger partial charge in [0.25, 0.3) is 11.1 Å². The van der Waals surface area contributed by atoms with Crippen LogP contribution in [0, 0.1) is 0 Å². The second-order valence-electron chi connectivity index (χ2n) is 4.18. The van der Waals surface area contributed by atoms with E-state index in [4.69, 9.17) is 27.6 Å². The predicted octanol–water partition coefficient (Wildman–Crippen LogP) is 4.58. The van der Waals surface area contributed by atoms with Crippen LogP contribution in [0.2, 0.25) is 10.0 Å². The van der Waals surface area contributed by atoms with Crippen LogP contribution in [0.3, 0.4) is 0 Å². The third kappa shape index (κ3) is 3.00. The molecule has 2 heterocycles. The number of imide groups is 1. The van der Waals surface area contributed by atoms with Gasteiger partial charge in [0, 0.05) is 16.7 Å². The van der Waals surface area contributed by atoms with Crippen molar-refractivity contribution in [2.45, 2.75) is 0 Å². The molecule has 1 N–H and O–H groups in total. The summed E-state index contributed by atoms with van der Waals surface area (Å²) >= 11 is 12.9. The molecular formula is C14H7Cl2NO3S. The monoisotopic (exact) mass is 339 g/mol. The first kappa shape index (κ1) is 14.3. The van der Waals surface area contributed by atoms with E-state index in [9.17, 15) is 9.59 Å². The molecule has 2 aromatic rings. The van der Waals surface area contributed by atoms with Gasteiger partial charge < -0.3 is 4.42 Å². The number of nitrogens with one attached hydrogen (secondary N) is 1. The lowest BCUT2D eigenvalue weighted by Gasteiger charge is -2.01. The van der Waals surface area contributed by atoms with Crippen LogP contribution < -0.4 is 5.32 Å². The Labute approximate surface area is 134 Å². The fourth-order valence-corrected chi connectivity index (χ4v) is 2.86. The molecule has 0 spiro atoms. The Morgan fingerprint density at radius 3 is 2.67 bits per heavy atom. The molecule has 0 atom stereocenters. The van der Waals surface area contributed by atoms with E-state index in [1.807, 2.05) is 0 Å². The highest BCUT2D eigenvalue weighted by Crippen LogP contribution is 2.33. The van der Waals surface area contributed by atoms with Crippen molar-refractivity contribution in [3.63, 3.8) is 0 Å². The van der Waals surface area contributed by atoms with Gasteiger partial charge in [-0.25, -0.2) is 0 Å². The number of amides is 2. The van der Waals surface area contributed by atoms with E-state index in [0.29, 0.717) is 27.1 Å². The van der Waals surface area contributed by atoms with Gasteiger partial charge in [0.15, 0.2) is 0 Å². The van der Waals surface area contributed by atoms with Crippen molar-refractivity contribution in [1.82, 2.24) is 5.32 Å². The number of carbonyl (C=O) groups is 2. The van der Waals surface area contributed by atoms with Crippen LogP contribution in [0.15, 0.2) is 39.7 Å². The first-order valence-corrected chi connectivity index (χ1v) is 7.40. The molecule has 106 valence electrons. The highest BCUT2D eigenvalue weighted by molar-refractivity contribution is 8.18. The lowest BCUT2D eigenvalue weighted by molar-refractivity contribution is -0.115. The molecule has 1 fully saturated rings. The SMILES string of the molecule is O=C1NC(=O)C(=Cc2ccc(-c3cc(Cl)ccc3Cl)o2)S1. The lowest BCUT2D eigenvalue weighted by atomic mass is 10.2. The summed E-state index contributed by atoms with van der Waals surface area (Å²) in [6.07, 6.45) is 1.51. The molecule has 1 aliphatic rings. The maximum absolute atomic E-state index is 11.5. The molecule has 21 heavy (non-hydrogen) atoms. The highest BCUT2D eigenvalue weighted by Gasteiger charge is 2.25. The first-order chi connectivity index (χ1) is 10.0. The molecule has 1 aromatic heterocycles. The Morgan fingerprint density at radius 1 is 1.14 bits per heavy atom. The second kappa shape index (κ2) is 5.60. The molecule has 2 amide bonds. The van der Waals surface area contributed by atoms with Crippen molar-refractivity contribution in [3.05, 3.63) is 51.0 Å². The number of thioether (sulfide) groups is 1. The summed E-state index contributed by atoms with van der Waals surface area (Å²) in [5.41, 5.74) is 0.661. The van der Waals surface area contributed by atoms with Gasteiger partial charge in [-0.3, -0.25) is 14.9 Å². The molecule has 1 saturated heterocycles. The average Bonchev–Trinajstić information content (AvgIpc) is 3.00. The molecule has 4 nitrogen and oxygen atoms in total. The minimum absolute atomic E-state index is 0.290. The lowest BCUT2D eigenvalue weighted by Crippen LogP contribution is -2.17. The zero-order chi connectivity index (χ0) is 15.0. The van der Waals surface area contributed by atoms with Crippen molar-refractivity contribution < 1.29 is 14.0 Å². The van der Waals surface area contributed by atoms with Gasteiger partial charge in [-0.05, 0) is 42.1 Å². The molecule has 0 bridgehead atoms. The van der Waals surface area contributed by atoms with Gasteiger partial charge in [0.05, 0.1) is 9.93 Å². The smallest absolute Gasteiger partial charge is 0.290 e. The van der Waals surface area contributed by atoms with Gasteiger partial charge >= 0.3 is 0 Å². The zero-order valence-corrected chi connectivity index (χ0v) is 12.7. The van der Waals surface area contributed by atoms with E-state index in [-0.39, 0.29) is 4.91 Å². The molecule has 7 heteroatoms. The first-order valence-electron chi connectivity index (χ1n) is 5.83. The van der Waals surface area contributed by atoms with Crippen molar-refractivity contribution in [1.29, 1.82) is 0 Å². The van der Waals surface area contributed by atoms with Gasteiger partial charge in [-0.2, -0.15) is 0 Å². The van der Waals surface area contributed by atoms with Gasteiger partial charge in [-0.1, -0.05) is 23.2 Å². The zero-order valence-electron chi connectivity index (χ0n) is 10.4. The van der Waals surface area contributed by atoms with Crippen LogP contribution >= 0.6 is 35.0 Å². The van der Waals surface area contributed by atoms with E-state index >= 15 is 0 Å². The van der Waals surface area contributed by atoms with E-state index in [1.165, 1.54) is 6.08 Å². The average molecular weight is 340 g/mol. The van der Waals surface area contributed by atoms with Crippen molar-refractivity contribution in [3.8, 4) is 11.3 Å². The van der Waals surface area contributed by atoms with Gasteiger partial charge in [0.1, 0.15) is 11.5 Å². The molecule has 1 aliphatic heterocycles. The van der Waals surface area contributed by atoms with Crippen LogP contribution in [0.4, 0.5) is 4.79 Å². The maximum Gasteiger partial charge on any atom is 0.290 e. The minimum atomic E-state index is -0.427. The number of hydrogen-bond acceptors (Lipinski definition) is 4. The number of benzene rings is 1. The van der Waals surface area contributed by atoms with Crippen molar-refractivity contribution in [2.24, 2.45) is 0 Å². The molecule has 0 aliphatic carbocycles. The summed E-state index contributed by atoms with van der Waals surface area (Å²) in [4.78, 5) is 22.8. The van der Waals surface area contributed by atoms with E-state index in [0.717, 1.165) is 11.8 Å². The fourth-order valence-electron chi connectivity index (χ4n) is 1.81. The van der Waals surface area contributed by atoms with E-state index in [2.05, 4.69) is 5.32 Å². The number of rotatable bonds is 2. The molecule has 0 radical (unpaired) electrons. The van der Waals surface area contributed by atoms with Crippen molar-refractivity contribution in [2.75, 3.05) is 0 Å². The Bertz CT molecular complexity index is 782. The van der Waals surface area contributed by atoms with Gasteiger partial charge in [-0.15, -0.1) is 0 Å². The normalized spacial score (nSPS) is 16.6. The van der Waals surface area contributed by atoms with Crippen LogP contribution in [0.25, 0.3) is 17.4 Å². The summed E-state index contributed by atoms with van der Waals surface area (Å²) in [5, 5.41) is 2.84. The van der Waals surface area contributed by atoms with Crippen LogP contribution in [-0.2, 0) is 4.79 Å². The summed E-state index contributed by atoms with van der Waals surface area (Å²) in [5.74, 6) is 0.557. The molecule has 0 unspecified atom stereocenters. The standard InChI is InChI=1S/C14H7Cl2NO3S/c15-7-1-3-10(16)9(5-7)11-4-2-8(20-11)6-12-13(18)17-14(19)21-12/h1-6H,(H,17,18,19). The molecular weight excluding hydrogens is 333 g/mol. The Balaban J connectivity index is 1.94. The minimum Gasteiger partial charge on any atom is -0.457 e. The van der Waals surface area contributed by atoms with Crippen LogP contribution in [0.5, 0.6) is 0 Å². The number of hydrogen-bond donors (Lipinski definition) is 1. The largest absolute Gasteiger partial charge is 0.457 e. The molecule has 1 aromatic carbocycles. The Kier molecular flexibility index (Phi) is 3.80. The summed E-state index contributed by atoms with van der Waals surface area (Å²) in [7, 11) is 0. The molecule has 0 saturated carbocycles. The summed E-state index contributed by atoms with van der Waals surface area (Å²) in [6.45, 7) is 0. The maximum atomic E-state index is 11.5. The van der Waals surface area contributed by atoms with Crippen LogP contribution in [-0.4, -0.2) is 11.1 Å². The van der Waals surface area contributed by atoms with Gasteiger partial charge in [0.2, 0.25) is 0 Å². The quantitative estimate of drug-likeness (QED) is 0.813. The second-order valence-corrected chi connectivity index (χ2v) is 6.04. The van der Waals surface area contributed by atoms with Crippen LogP contribution in [0.1, 0.15) is 5.76 Å². The fraction of sp³-hybridized carbons (Fsp3) is 0.